The molecule has 7 nitrogen and oxygen atoms in total. The standard InChI is InChI=1S/C18H27N3O4S/c1-4-13(2)11-17(23)21(15-8-6-9-19-12-16(15)22)26(24,25)18-14(3)7-5-10-20-18/h5,7,10,13,15,19H,4,6,8-9,11-12H2,1-3H3/t13-,15?/m0/s1. The number of nitrogens with one attached hydrogen (secondary N) is 1. The summed E-state index contributed by atoms with van der Waals surface area (Å²) < 4.78 is 27.4. The van der Waals surface area contributed by atoms with Gasteiger partial charge in [0.2, 0.25) is 5.91 Å². The Morgan fingerprint density at radius 2 is 2.19 bits per heavy atom. The summed E-state index contributed by atoms with van der Waals surface area (Å²) in [4.78, 5) is 29.5. The molecule has 1 aromatic heterocycles. The lowest BCUT2D eigenvalue weighted by Crippen LogP contribution is -2.50. The first kappa shape index (κ1) is 20.5. The quantitative estimate of drug-likeness (QED) is 0.805. The van der Waals surface area contributed by atoms with E-state index in [-0.39, 0.29) is 29.7 Å². The molecule has 26 heavy (non-hydrogen) atoms. The van der Waals surface area contributed by atoms with Crippen LogP contribution in [0.25, 0.3) is 0 Å². The molecule has 1 aliphatic rings. The van der Waals surface area contributed by atoms with Crippen LogP contribution in [0.3, 0.4) is 0 Å². The molecule has 0 spiro atoms. The van der Waals surface area contributed by atoms with Crippen molar-refractivity contribution in [2.45, 2.75) is 57.5 Å². The van der Waals surface area contributed by atoms with Gasteiger partial charge in [-0.05, 0) is 43.9 Å². The summed E-state index contributed by atoms with van der Waals surface area (Å²) in [6.45, 7) is 6.16. The van der Waals surface area contributed by atoms with Gasteiger partial charge in [-0.2, -0.15) is 8.42 Å². The number of aryl methyl sites for hydroxylation is 1. The Labute approximate surface area is 155 Å². The summed E-state index contributed by atoms with van der Waals surface area (Å²) in [6, 6.07) is 2.29. The molecule has 144 valence electrons. The molecule has 0 saturated carbocycles. The van der Waals surface area contributed by atoms with E-state index in [1.807, 2.05) is 13.8 Å². The van der Waals surface area contributed by atoms with Gasteiger partial charge in [-0.3, -0.25) is 9.59 Å². The maximum absolute atomic E-state index is 13.3. The lowest BCUT2D eigenvalue weighted by atomic mass is 10.0. The van der Waals surface area contributed by atoms with Crippen molar-refractivity contribution in [3.05, 3.63) is 23.9 Å². The molecule has 2 atom stereocenters. The summed E-state index contributed by atoms with van der Waals surface area (Å²) in [6.07, 6.45) is 3.17. The molecule has 0 radical (unpaired) electrons. The maximum Gasteiger partial charge on any atom is 0.284 e. The molecule has 1 saturated heterocycles. The highest BCUT2D eigenvalue weighted by atomic mass is 32.2. The monoisotopic (exact) mass is 381 g/mol. The van der Waals surface area contributed by atoms with Crippen LogP contribution >= 0.6 is 0 Å². The number of amides is 1. The second-order valence-corrected chi connectivity index (χ2v) is 8.57. The number of carbonyl (C=O) groups excluding carboxylic acids is 2. The Morgan fingerprint density at radius 3 is 2.85 bits per heavy atom. The van der Waals surface area contributed by atoms with Gasteiger partial charge in [0, 0.05) is 12.6 Å². The van der Waals surface area contributed by atoms with Crippen molar-refractivity contribution in [1.29, 1.82) is 0 Å². The lowest BCUT2D eigenvalue weighted by Gasteiger charge is -2.30. The van der Waals surface area contributed by atoms with E-state index in [0.29, 0.717) is 24.9 Å². The van der Waals surface area contributed by atoms with E-state index < -0.39 is 22.0 Å². The van der Waals surface area contributed by atoms with E-state index in [9.17, 15) is 18.0 Å². The minimum Gasteiger partial charge on any atom is -0.310 e. The third kappa shape index (κ3) is 4.48. The predicted molar refractivity (Wildman–Crippen MR) is 98.0 cm³/mol. The number of aromatic nitrogens is 1. The Balaban J connectivity index is 2.50. The van der Waals surface area contributed by atoms with E-state index >= 15 is 0 Å². The van der Waals surface area contributed by atoms with Gasteiger partial charge in [-0.25, -0.2) is 9.29 Å². The van der Waals surface area contributed by atoms with Crippen molar-refractivity contribution in [3.63, 3.8) is 0 Å². The van der Waals surface area contributed by atoms with Crippen molar-refractivity contribution in [2.24, 2.45) is 5.92 Å². The Kier molecular flexibility index (Phi) is 6.88. The molecule has 1 aliphatic heterocycles. The van der Waals surface area contributed by atoms with Crippen LogP contribution in [0.15, 0.2) is 23.4 Å². The maximum atomic E-state index is 13.3. The van der Waals surface area contributed by atoms with E-state index in [2.05, 4.69) is 10.3 Å². The highest BCUT2D eigenvalue weighted by Gasteiger charge is 2.40. The number of ketones is 1. The van der Waals surface area contributed by atoms with Crippen LogP contribution in [0.1, 0.15) is 45.1 Å². The number of sulfonamides is 1. The zero-order valence-corrected chi connectivity index (χ0v) is 16.4. The van der Waals surface area contributed by atoms with Crippen molar-refractivity contribution in [1.82, 2.24) is 14.6 Å². The van der Waals surface area contributed by atoms with Gasteiger partial charge in [0.1, 0.15) is 6.04 Å². The highest BCUT2D eigenvalue weighted by Crippen LogP contribution is 2.25. The largest absolute Gasteiger partial charge is 0.310 e. The molecule has 1 unspecified atom stereocenters. The molecular formula is C18H27N3O4S. The van der Waals surface area contributed by atoms with Gasteiger partial charge >= 0.3 is 0 Å². The van der Waals surface area contributed by atoms with Crippen LogP contribution < -0.4 is 5.32 Å². The fourth-order valence-electron chi connectivity index (χ4n) is 3.00. The van der Waals surface area contributed by atoms with Gasteiger partial charge in [0.05, 0.1) is 6.54 Å². The molecule has 2 rings (SSSR count). The minimum absolute atomic E-state index is 0.0315. The van der Waals surface area contributed by atoms with Gasteiger partial charge in [0.25, 0.3) is 10.0 Å². The summed E-state index contributed by atoms with van der Waals surface area (Å²) in [5, 5.41) is 2.81. The lowest BCUT2D eigenvalue weighted by molar-refractivity contribution is -0.134. The number of nitrogens with zero attached hydrogens (tertiary/aromatic N) is 2. The fraction of sp³-hybridized carbons (Fsp3) is 0.611. The third-order valence-corrected chi connectivity index (χ3v) is 6.61. The molecule has 1 amide bonds. The van der Waals surface area contributed by atoms with Crippen LogP contribution in [0.4, 0.5) is 0 Å². The molecule has 1 aromatic rings. The Morgan fingerprint density at radius 1 is 1.46 bits per heavy atom. The second kappa shape index (κ2) is 8.73. The third-order valence-electron chi connectivity index (χ3n) is 4.72. The average Bonchev–Trinajstić information content (AvgIpc) is 2.80. The summed E-state index contributed by atoms with van der Waals surface area (Å²) in [5.41, 5.74) is 0.452. The smallest absolute Gasteiger partial charge is 0.284 e. The van der Waals surface area contributed by atoms with Crippen LogP contribution in [0.5, 0.6) is 0 Å². The van der Waals surface area contributed by atoms with Crippen LogP contribution in [-0.4, -0.2) is 48.5 Å². The number of carbonyl (C=O) groups is 2. The topological polar surface area (TPSA) is 96.4 Å². The first-order valence-electron chi connectivity index (χ1n) is 9.01. The molecule has 0 aliphatic carbocycles. The number of hydrogen-bond acceptors (Lipinski definition) is 6. The van der Waals surface area contributed by atoms with Gasteiger partial charge in [-0.1, -0.05) is 26.3 Å². The molecule has 1 fully saturated rings. The molecule has 0 bridgehead atoms. The first-order valence-corrected chi connectivity index (χ1v) is 10.4. The fourth-order valence-corrected chi connectivity index (χ4v) is 4.76. The van der Waals surface area contributed by atoms with Crippen molar-refractivity contribution in [2.75, 3.05) is 13.1 Å². The Bertz CT molecular complexity index is 763. The van der Waals surface area contributed by atoms with E-state index in [0.717, 1.165) is 10.7 Å². The summed E-state index contributed by atoms with van der Waals surface area (Å²) in [7, 11) is -4.21. The normalized spacial score (nSPS) is 19.7. The SMILES string of the molecule is CC[C@H](C)CC(=O)N(C1CCCNCC1=O)S(=O)(=O)c1ncccc1C. The zero-order chi connectivity index (χ0) is 19.3. The summed E-state index contributed by atoms with van der Waals surface area (Å²) >= 11 is 0. The Hall–Kier alpha value is -1.80. The number of rotatable bonds is 6. The summed E-state index contributed by atoms with van der Waals surface area (Å²) in [5.74, 6) is -0.786. The number of hydrogen-bond donors (Lipinski definition) is 1. The molecule has 1 N–H and O–H groups in total. The molecule has 0 aromatic carbocycles. The second-order valence-electron chi connectivity index (χ2n) is 6.84. The highest BCUT2D eigenvalue weighted by molar-refractivity contribution is 7.89. The minimum atomic E-state index is -4.21. The van der Waals surface area contributed by atoms with Crippen LogP contribution in [0.2, 0.25) is 0 Å². The van der Waals surface area contributed by atoms with Gasteiger partial charge < -0.3 is 5.32 Å². The van der Waals surface area contributed by atoms with Gasteiger partial charge in [-0.15, -0.1) is 0 Å². The molecule has 2 heterocycles. The number of pyridine rings is 1. The zero-order valence-electron chi connectivity index (χ0n) is 15.6. The molecular weight excluding hydrogens is 354 g/mol. The molecule has 8 heteroatoms. The van der Waals surface area contributed by atoms with E-state index in [1.54, 1.807) is 19.1 Å². The van der Waals surface area contributed by atoms with Crippen molar-refractivity contribution < 1.29 is 18.0 Å². The van der Waals surface area contributed by atoms with Crippen LogP contribution in [0, 0.1) is 12.8 Å². The number of Topliss-reactive ketones (excluding diaryl/α,β-unsaturated/α-hetero) is 1. The first-order chi connectivity index (χ1) is 12.3. The van der Waals surface area contributed by atoms with Crippen molar-refractivity contribution in [3.8, 4) is 0 Å². The van der Waals surface area contributed by atoms with Crippen molar-refractivity contribution >= 4 is 21.7 Å². The van der Waals surface area contributed by atoms with E-state index in [1.165, 1.54) is 6.20 Å². The predicted octanol–water partition coefficient (Wildman–Crippen LogP) is 1.66. The van der Waals surface area contributed by atoms with Crippen LogP contribution in [-0.2, 0) is 19.6 Å². The average molecular weight is 381 g/mol. The van der Waals surface area contributed by atoms with Gasteiger partial charge in [0.15, 0.2) is 10.8 Å². The van der Waals surface area contributed by atoms with E-state index in [4.69, 9.17) is 0 Å².